The van der Waals surface area contributed by atoms with Crippen LogP contribution in [0.15, 0.2) is 11.6 Å². The zero-order chi connectivity index (χ0) is 18.5. The number of rotatable bonds is 10. The van der Waals surface area contributed by atoms with Gasteiger partial charge in [-0.25, -0.2) is 9.59 Å². The lowest BCUT2D eigenvalue weighted by Crippen LogP contribution is -2.52. The molecule has 0 spiro atoms. The van der Waals surface area contributed by atoms with Gasteiger partial charge in [-0.05, 0) is 64.7 Å². The van der Waals surface area contributed by atoms with Crippen molar-refractivity contribution >= 4 is 37.1 Å². The number of carboxylic acids is 2. The lowest BCUT2D eigenvalue weighted by molar-refractivity contribution is -0.135. The Bertz CT molecular complexity index is 446. The fourth-order valence-corrected chi connectivity index (χ4v) is 14.9. The summed E-state index contributed by atoms with van der Waals surface area (Å²) in [7, 11) is -5.97. The molecule has 2 N–H and O–H groups in total. The molecule has 134 valence electrons. The maximum Gasteiger partial charge on any atom is 0.331 e. The smallest absolute Gasteiger partial charge is 0.331 e. The van der Waals surface area contributed by atoms with Crippen molar-refractivity contribution in [3.63, 3.8) is 0 Å². The molecule has 0 atom stereocenters. The predicted octanol–water partition coefficient (Wildman–Crippen LogP) is 3.64. The summed E-state index contributed by atoms with van der Waals surface area (Å²) in [6.07, 6.45) is 1.51. The highest BCUT2D eigenvalue weighted by atomic mass is 28.5. The van der Waals surface area contributed by atoms with E-state index in [0.29, 0.717) is 12.5 Å². The lowest BCUT2D eigenvalue weighted by Gasteiger charge is -2.38. The first-order valence-electron chi connectivity index (χ1n) is 7.71. The first-order chi connectivity index (χ1) is 10.1. The molecule has 0 unspecified atom stereocenters. The Morgan fingerprint density at radius 1 is 0.913 bits per heavy atom. The summed E-state index contributed by atoms with van der Waals surface area (Å²) in [6, 6.07) is 0.659. The summed E-state index contributed by atoms with van der Waals surface area (Å²) >= 11 is 0. The standard InChI is InChI=1S/C14H30O6Si3/c1-21(2,3)19-23(7,20-22(4,5)6)10-8-9-12(14(17)18)11-13(15)16/h11H,8-10H2,1-7H3,(H,15,16)(H,17,18). The fraction of sp³-hybridized carbons (Fsp3) is 0.714. The predicted molar refractivity (Wildman–Crippen MR) is 97.9 cm³/mol. The third-order valence-corrected chi connectivity index (χ3v) is 12.3. The molecule has 0 heterocycles. The number of hydrogen-bond donors (Lipinski definition) is 2. The molecule has 0 aliphatic heterocycles. The second kappa shape index (κ2) is 8.38. The molecule has 0 radical (unpaired) electrons. The van der Waals surface area contributed by atoms with E-state index in [4.69, 9.17) is 18.4 Å². The van der Waals surface area contributed by atoms with Crippen LogP contribution in [-0.4, -0.2) is 47.3 Å². The van der Waals surface area contributed by atoms with Crippen molar-refractivity contribution in [3.05, 3.63) is 11.6 Å². The molecule has 0 amide bonds. The zero-order valence-electron chi connectivity index (χ0n) is 15.2. The van der Waals surface area contributed by atoms with Crippen molar-refractivity contribution < 1.29 is 28.0 Å². The van der Waals surface area contributed by atoms with Gasteiger partial charge in [0.1, 0.15) is 0 Å². The van der Waals surface area contributed by atoms with Gasteiger partial charge in [0.2, 0.25) is 0 Å². The van der Waals surface area contributed by atoms with Crippen molar-refractivity contribution in [2.75, 3.05) is 0 Å². The van der Waals surface area contributed by atoms with Crippen LogP contribution in [0.2, 0.25) is 51.9 Å². The molecule has 0 aromatic rings. The monoisotopic (exact) mass is 378 g/mol. The van der Waals surface area contributed by atoms with Gasteiger partial charge in [-0.15, -0.1) is 0 Å². The normalized spacial score (nSPS) is 14.0. The highest BCUT2D eigenvalue weighted by molar-refractivity contribution is 6.87. The van der Waals surface area contributed by atoms with E-state index in [9.17, 15) is 9.59 Å². The van der Waals surface area contributed by atoms with E-state index in [1.165, 1.54) is 0 Å². The van der Waals surface area contributed by atoms with Crippen LogP contribution < -0.4 is 0 Å². The van der Waals surface area contributed by atoms with Crippen LogP contribution in [0.5, 0.6) is 0 Å². The average molecular weight is 379 g/mol. The minimum atomic E-state index is -2.41. The molecule has 23 heavy (non-hydrogen) atoms. The molecule has 9 heteroatoms. The molecule has 0 aliphatic rings. The van der Waals surface area contributed by atoms with E-state index in [0.717, 1.165) is 6.08 Å². The minimum Gasteiger partial charge on any atom is -0.478 e. The lowest BCUT2D eigenvalue weighted by atomic mass is 10.1. The quantitative estimate of drug-likeness (QED) is 0.445. The Labute approximate surface area is 142 Å². The molecule has 0 saturated heterocycles. The van der Waals surface area contributed by atoms with E-state index in [1.54, 1.807) is 0 Å². The van der Waals surface area contributed by atoms with E-state index >= 15 is 0 Å². The van der Waals surface area contributed by atoms with Crippen molar-refractivity contribution in [1.29, 1.82) is 0 Å². The van der Waals surface area contributed by atoms with E-state index < -0.39 is 37.1 Å². The van der Waals surface area contributed by atoms with Gasteiger partial charge < -0.3 is 18.4 Å². The largest absolute Gasteiger partial charge is 0.478 e. The number of hydrogen-bond acceptors (Lipinski definition) is 4. The van der Waals surface area contributed by atoms with E-state index in [2.05, 4.69) is 39.3 Å². The molecular weight excluding hydrogens is 348 g/mol. The summed E-state index contributed by atoms with van der Waals surface area (Å²) in [6.45, 7) is 14.7. The zero-order valence-corrected chi connectivity index (χ0v) is 18.2. The molecule has 0 aromatic heterocycles. The first kappa shape index (κ1) is 22.3. The molecule has 0 saturated carbocycles. The fourth-order valence-electron chi connectivity index (χ4n) is 2.41. The number of aliphatic carboxylic acids is 2. The third kappa shape index (κ3) is 11.4. The molecule has 0 bridgehead atoms. The van der Waals surface area contributed by atoms with Gasteiger partial charge in [0.05, 0.1) is 0 Å². The second-order valence-electron chi connectivity index (χ2n) is 7.73. The SMILES string of the molecule is C[Si](C)(C)O[Si](C)(CCCC(=CC(=O)O)C(=O)O)O[Si](C)(C)C. The van der Waals surface area contributed by atoms with E-state index in [1.807, 2.05) is 6.55 Å². The van der Waals surface area contributed by atoms with Crippen molar-refractivity contribution in [2.24, 2.45) is 0 Å². The van der Waals surface area contributed by atoms with Gasteiger partial charge in [-0.2, -0.15) is 0 Å². The molecule has 0 fully saturated rings. The van der Waals surface area contributed by atoms with Gasteiger partial charge in [-0.3, -0.25) is 0 Å². The van der Waals surface area contributed by atoms with Crippen LogP contribution in [-0.2, 0) is 17.8 Å². The Morgan fingerprint density at radius 2 is 1.35 bits per heavy atom. The number of carboxylic acid groups (broad SMARTS) is 2. The van der Waals surface area contributed by atoms with Gasteiger partial charge in [0.15, 0.2) is 16.6 Å². The Morgan fingerprint density at radius 3 is 1.65 bits per heavy atom. The molecular formula is C14H30O6Si3. The molecule has 0 rings (SSSR count). The van der Waals surface area contributed by atoms with Gasteiger partial charge in [0, 0.05) is 11.6 Å². The van der Waals surface area contributed by atoms with Crippen molar-refractivity contribution in [1.82, 2.24) is 0 Å². The van der Waals surface area contributed by atoms with Crippen LogP contribution in [0.3, 0.4) is 0 Å². The third-order valence-electron chi connectivity index (χ3n) is 2.69. The first-order valence-corrected chi connectivity index (χ1v) is 17.0. The maximum absolute atomic E-state index is 11.1. The molecule has 0 aromatic carbocycles. The van der Waals surface area contributed by atoms with Crippen LogP contribution in [0, 0.1) is 0 Å². The Kier molecular flexibility index (Phi) is 8.11. The molecule has 0 aliphatic carbocycles. The topological polar surface area (TPSA) is 93.1 Å². The average Bonchev–Trinajstić information content (AvgIpc) is 2.20. The Hall–Kier alpha value is -0.749. The summed E-state index contributed by atoms with van der Waals surface area (Å²) in [5.41, 5.74) is -0.0881. The Balaban J connectivity index is 4.98. The minimum absolute atomic E-state index is 0.0881. The van der Waals surface area contributed by atoms with Crippen LogP contribution >= 0.6 is 0 Å². The van der Waals surface area contributed by atoms with Crippen LogP contribution in [0.25, 0.3) is 0 Å². The van der Waals surface area contributed by atoms with Gasteiger partial charge >= 0.3 is 20.5 Å². The maximum atomic E-state index is 11.1. The van der Waals surface area contributed by atoms with E-state index in [-0.39, 0.29) is 12.0 Å². The summed E-state index contributed by atoms with van der Waals surface area (Å²) in [4.78, 5) is 21.8. The summed E-state index contributed by atoms with van der Waals surface area (Å²) in [5, 5.41) is 17.8. The van der Waals surface area contributed by atoms with Gasteiger partial charge in [-0.1, -0.05) is 0 Å². The van der Waals surface area contributed by atoms with Crippen molar-refractivity contribution in [3.8, 4) is 0 Å². The van der Waals surface area contributed by atoms with Crippen LogP contribution in [0.1, 0.15) is 12.8 Å². The van der Waals surface area contributed by atoms with Gasteiger partial charge in [0.25, 0.3) is 0 Å². The highest BCUT2D eigenvalue weighted by Gasteiger charge is 2.39. The highest BCUT2D eigenvalue weighted by Crippen LogP contribution is 2.26. The van der Waals surface area contributed by atoms with Crippen molar-refractivity contribution in [2.45, 2.75) is 64.7 Å². The summed E-state index contributed by atoms with van der Waals surface area (Å²) in [5.74, 6) is -2.42. The second-order valence-corrected chi connectivity index (χ2v) is 20.6. The van der Waals surface area contributed by atoms with Crippen LogP contribution in [0.4, 0.5) is 0 Å². The number of carbonyl (C=O) groups is 2. The summed E-state index contributed by atoms with van der Waals surface area (Å²) < 4.78 is 12.7. The molecule has 6 nitrogen and oxygen atoms in total.